The number of ether oxygens (including phenoxy) is 1. The Labute approximate surface area is 161 Å². The van der Waals surface area contributed by atoms with Crippen molar-refractivity contribution in [1.82, 2.24) is 23.9 Å². The molecule has 2 fully saturated rings. The van der Waals surface area contributed by atoms with E-state index in [1.807, 2.05) is 25.1 Å². The summed E-state index contributed by atoms with van der Waals surface area (Å²) in [6.45, 7) is 3.70. The zero-order chi connectivity index (χ0) is 19.4. The lowest BCUT2D eigenvalue weighted by molar-refractivity contribution is 0.0704. The van der Waals surface area contributed by atoms with Gasteiger partial charge in [-0.1, -0.05) is 0 Å². The number of nitrogens with one attached hydrogen (secondary N) is 1. The van der Waals surface area contributed by atoms with Gasteiger partial charge in [-0.25, -0.2) is 9.97 Å². The Morgan fingerprint density at radius 2 is 2.00 bits per heavy atom. The molecule has 2 aliphatic rings. The zero-order valence-electron chi connectivity index (χ0n) is 16.4. The molecule has 1 aromatic rings. The van der Waals surface area contributed by atoms with Gasteiger partial charge in [0.1, 0.15) is 11.6 Å². The first-order valence-corrected chi connectivity index (χ1v) is 10.8. The highest BCUT2D eigenvalue weighted by atomic mass is 32.2. The summed E-state index contributed by atoms with van der Waals surface area (Å²) in [5.41, 5.74) is 0.980. The molecule has 0 bridgehead atoms. The van der Waals surface area contributed by atoms with E-state index in [0.717, 1.165) is 37.4 Å². The van der Waals surface area contributed by atoms with Crippen molar-refractivity contribution in [2.45, 2.75) is 25.3 Å². The van der Waals surface area contributed by atoms with Gasteiger partial charge in [0.15, 0.2) is 0 Å². The third-order valence-corrected chi connectivity index (χ3v) is 6.94. The Hall–Kier alpha value is -1.33. The second-order valence-electron chi connectivity index (χ2n) is 7.28. The Morgan fingerprint density at radius 1 is 1.26 bits per heavy atom. The van der Waals surface area contributed by atoms with Crippen LogP contribution in [0.1, 0.15) is 30.3 Å². The molecule has 1 N–H and O–H groups in total. The number of nitrogens with zero attached hydrogens (tertiary/aromatic N) is 5. The molecule has 0 spiro atoms. The number of anilines is 1. The second-order valence-corrected chi connectivity index (χ2v) is 9.32. The van der Waals surface area contributed by atoms with Crippen LogP contribution >= 0.6 is 0 Å². The second kappa shape index (κ2) is 8.78. The first-order valence-electron chi connectivity index (χ1n) is 9.43. The van der Waals surface area contributed by atoms with Crippen molar-refractivity contribution in [3.05, 3.63) is 17.6 Å². The molecule has 0 radical (unpaired) electrons. The molecule has 3 heterocycles. The van der Waals surface area contributed by atoms with Gasteiger partial charge < -0.3 is 15.0 Å². The number of rotatable bonds is 6. The Balaban J connectivity index is 1.81. The van der Waals surface area contributed by atoms with Crippen molar-refractivity contribution in [3.8, 4) is 0 Å². The predicted molar refractivity (Wildman–Crippen MR) is 104 cm³/mol. The standard InChI is InChI=1S/C17H30N6O3S/c1-21(2)17-11-15(14-5-4-6-18-12-14)19-16(20-17)13-22(3)27(24,25)23-7-9-26-10-8-23/h11,14,18H,4-10,12-13H2,1-3H3/t14-/m1/s1. The maximum absolute atomic E-state index is 12.8. The number of aromatic nitrogens is 2. The van der Waals surface area contributed by atoms with Crippen LogP contribution < -0.4 is 10.2 Å². The van der Waals surface area contributed by atoms with Crippen molar-refractivity contribution < 1.29 is 13.2 Å². The summed E-state index contributed by atoms with van der Waals surface area (Å²) in [7, 11) is 1.90. The maximum Gasteiger partial charge on any atom is 0.282 e. The van der Waals surface area contributed by atoms with E-state index in [2.05, 4.69) is 10.3 Å². The van der Waals surface area contributed by atoms with E-state index in [1.165, 1.54) is 8.61 Å². The van der Waals surface area contributed by atoms with Gasteiger partial charge in [-0.3, -0.25) is 0 Å². The summed E-state index contributed by atoms with van der Waals surface area (Å²) in [6, 6.07) is 2.01. The fraction of sp³-hybridized carbons (Fsp3) is 0.765. The monoisotopic (exact) mass is 398 g/mol. The zero-order valence-corrected chi connectivity index (χ0v) is 17.2. The first-order chi connectivity index (χ1) is 12.9. The van der Waals surface area contributed by atoms with Crippen molar-refractivity contribution >= 4 is 16.0 Å². The quantitative estimate of drug-likeness (QED) is 0.722. The van der Waals surface area contributed by atoms with Crippen LogP contribution in [0.2, 0.25) is 0 Å². The van der Waals surface area contributed by atoms with E-state index in [0.29, 0.717) is 38.0 Å². The van der Waals surface area contributed by atoms with Crippen LogP contribution in [0.4, 0.5) is 5.82 Å². The molecule has 2 aliphatic heterocycles. The van der Waals surface area contributed by atoms with Crippen molar-refractivity contribution in [2.75, 3.05) is 65.4 Å². The molecule has 0 unspecified atom stereocenters. The minimum absolute atomic E-state index is 0.147. The van der Waals surface area contributed by atoms with Crippen LogP contribution in [0.5, 0.6) is 0 Å². The summed E-state index contributed by atoms with van der Waals surface area (Å²) < 4.78 is 33.7. The highest BCUT2D eigenvalue weighted by Crippen LogP contribution is 2.24. The van der Waals surface area contributed by atoms with E-state index in [9.17, 15) is 8.42 Å². The molecule has 1 aromatic heterocycles. The average molecular weight is 399 g/mol. The fourth-order valence-corrected chi connectivity index (χ4v) is 4.65. The minimum atomic E-state index is -3.55. The molecule has 2 saturated heterocycles. The molecule has 10 heteroatoms. The van der Waals surface area contributed by atoms with Gasteiger partial charge in [0.25, 0.3) is 10.2 Å². The third kappa shape index (κ3) is 4.94. The first kappa shape index (κ1) is 20.4. The van der Waals surface area contributed by atoms with Gasteiger partial charge >= 0.3 is 0 Å². The molecule has 3 rings (SSSR count). The van der Waals surface area contributed by atoms with Gasteiger partial charge in [-0.05, 0) is 19.4 Å². The molecule has 27 heavy (non-hydrogen) atoms. The smallest absolute Gasteiger partial charge is 0.282 e. The normalized spacial score (nSPS) is 22.1. The summed E-state index contributed by atoms with van der Waals surface area (Å²) >= 11 is 0. The molecule has 1 atom stereocenters. The number of hydrogen-bond donors (Lipinski definition) is 1. The van der Waals surface area contributed by atoms with E-state index in [4.69, 9.17) is 9.72 Å². The lowest BCUT2D eigenvalue weighted by Crippen LogP contribution is -2.47. The van der Waals surface area contributed by atoms with E-state index in [-0.39, 0.29) is 6.54 Å². The summed E-state index contributed by atoms with van der Waals surface area (Å²) in [4.78, 5) is 11.2. The molecule has 0 aromatic carbocycles. The molecule has 0 aliphatic carbocycles. The maximum atomic E-state index is 12.8. The Kier molecular flexibility index (Phi) is 6.64. The van der Waals surface area contributed by atoms with E-state index in [1.54, 1.807) is 7.05 Å². The number of hydrogen-bond acceptors (Lipinski definition) is 7. The third-order valence-electron chi connectivity index (χ3n) is 5.01. The molecular formula is C17H30N6O3S. The van der Waals surface area contributed by atoms with Crippen LogP contribution in [-0.4, -0.2) is 87.5 Å². The van der Waals surface area contributed by atoms with Crippen LogP contribution in [-0.2, 0) is 21.5 Å². The summed E-state index contributed by atoms with van der Waals surface area (Å²) in [5.74, 6) is 1.67. The van der Waals surface area contributed by atoms with Gasteiger partial charge in [0.2, 0.25) is 0 Å². The minimum Gasteiger partial charge on any atom is -0.379 e. The average Bonchev–Trinajstić information content (AvgIpc) is 2.69. The predicted octanol–water partition coefficient (Wildman–Crippen LogP) is 0.0184. The SMILES string of the molecule is CN(C)c1cc([C@@H]2CCCNC2)nc(CN(C)S(=O)(=O)N2CCOCC2)n1. The Morgan fingerprint density at radius 3 is 2.63 bits per heavy atom. The van der Waals surface area contributed by atoms with Crippen LogP contribution in [0, 0.1) is 0 Å². The summed E-state index contributed by atoms with van der Waals surface area (Å²) in [6.07, 6.45) is 2.20. The van der Waals surface area contributed by atoms with Crippen molar-refractivity contribution in [3.63, 3.8) is 0 Å². The van der Waals surface area contributed by atoms with Crippen LogP contribution in [0.25, 0.3) is 0 Å². The largest absolute Gasteiger partial charge is 0.379 e. The van der Waals surface area contributed by atoms with Gasteiger partial charge in [0, 0.05) is 52.8 Å². The summed E-state index contributed by atoms with van der Waals surface area (Å²) in [5, 5.41) is 3.41. The molecule has 0 saturated carbocycles. The number of morpholine rings is 1. The lowest BCUT2D eigenvalue weighted by Gasteiger charge is -2.30. The highest BCUT2D eigenvalue weighted by molar-refractivity contribution is 7.86. The fourth-order valence-electron chi connectivity index (χ4n) is 3.37. The molecular weight excluding hydrogens is 368 g/mol. The van der Waals surface area contributed by atoms with Gasteiger partial charge in [0.05, 0.1) is 25.5 Å². The topological polar surface area (TPSA) is 90.9 Å². The number of piperidine rings is 1. The van der Waals surface area contributed by atoms with Crippen LogP contribution in [0.3, 0.4) is 0 Å². The molecule has 0 amide bonds. The van der Waals surface area contributed by atoms with Gasteiger partial charge in [-0.2, -0.15) is 17.0 Å². The molecule has 9 nitrogen and oxygen atoms in total. The van der Waals surface area contributed by atoms with E-state index < -0.39 is 10.2 Å². The lowest BCUT2D eigenvalue weighted by atomic mass is 9.96. The molecule has 152 valence electrons. The van der Waals surface area contributed by atoms with Crippen molar-refractivity contribution in [1.29, 1.82) is 0 Å². The van der Waals surface area contributed by atoms with Gasteiger partial charge in [-0.15, -0.1) is 0 Å². The Bertz CT molecular complexity index is 730. The highest BCUT2D eigenvalue weighted by Gasteiger charge is 2.29. The van der Waals surface area contributed by atoms with E-state index >= 15 is 0 Å². The van der Waals surface area contributed by atoms with Crippen LogP contribution in [0.15, 0.2) is 6.07 Å². The van der Waals surface area contributed by atoms with Crippen molar-refractivity contribution in [2.24, 2.45) is 0 Å².